The van der Waals surface area contributed by atoms with Gasteiger partial charge in [0.1, 0.15) is 0 Å². The monoisotopic (exact) mass is 380 g/mol. The van der Waals surface area contributed by atoms with Gasteiger partial charge in [0.15, 0.2) is 0 Å². The summed E-state index contributed by atoms with van der Waals surface area (Å²) in [6.45, 7) is 5.72. The maximum Gasteiger partial charge on any atom is 0.477 e. The summed E-state index contributed by atoms with van der Waals surface area (Å²) in [5.41, 5.74) is 0. The standard InChI is InChI=1S/C12H27ClO7P2/c1-4-7-10-18-22(17,19-11-8-5-2)20-12(13,9-6-3)21(14,15)16/h4-11H2,1-3H3,(H2,14,15,16). The van der Waals surface area contributed by atoms with Gasteiger partial charge in [0.05, 0.1) is 13.2 Å². The number of hydrogen-bond donors (Lipinski definition) is 2. The molecule has 1 atom stereocenters. The van der Waals surface area contributed by atoms with E-state index < -0.39 is 20.2 Å². The molecule has 0 radical (unpaired) electrons. The van der Waals surface area contributed by atoms with E-state index in [-0.39, 0.29) is 19.6 Å². The Morgan fingerprint density at radius 1 is 0.955 bits per heavy atom. The van der Waals surface area contributed by atoms with E-state index in [1.54, 1.807) is 6.92 Å². The topological polar surface area (TPSA) is 102 Å². The average molecular weight is 381 g/mol. The summed E-state index contributed by atoms with van der Waals surface area (Å²) in [7, 11) is -9.02. The Morgan fingerprint density at radius 2 is 1.41 bits per heavy atom. The predicted molar refractivity (Wildman–Crippen MR) is 85.9 cm³/mol. The molecule has 0 saturated heterocycles. The van der Waals surface area contributed by atoms with Gasteiger partial charge in [-0.05, 0) is 12.8 Å². The first-order chi connectivity index (χ1) is 10.1. The normalized spacial score (nSPS) is 15.7. The first-order valence-corrected chi connectivity index (χ1v) is 10.9. The fourth-order valence-corrected chi connectivity index (χ4v) is 4.46. The van der Waals surface area contributed by atoms with Gasteiger partial charge in [0.2, 0.25) is 0 Å². The van der Waals surface area contributed by atoms with E-state index in [1.165, 1.54) is 0 Å². The van der Waals surface area contributed by atoms with Crippen molar-refractivity contribution in [2.24, 2.45) is 0 Å². The number of alkyl halides is 1. The zero-order valence-electron chi connectivity index (χ0n) is 13.4. The fourth-order valence-electron chi connectivity index (χ4n) is 1.46. The third kappa shape index (κ3) is 7.89. The van der Waals surface area contributed by atoms with Gasteiger partial charge in [-0.15, -0.1) is 0 Å². The van der Waals surface area contributed by atoms with E-state index in [4.69, 9.17) is 25.2 Å². The molecule has 0 aromatic carbocycles. The molecule has 0 aromatic rings. The second-order valence-corrected chi connectivity index (χ2v) is 9.17. The molecule has 0 rings (SSSR count). The molecule has 0 bridgehead atoms. The highest BCUT2D eigenvalue weighted by Crippen LogP contribution is 2.65. The number of phosphoric acid groups is 1. The van der Waals surface area contributed by atoms with Crippen molar-refractivity contribution >= 4 is 27.0 Å². The van der Waals surface area contributed by atoms with E-state index in [1.807, 2.05) is 13.8 Å². The van der Waals surface area contributed by atoms with Gasteiger partial charge in [0, 0.05) is 6.42 Å². The van der Waals surface area contributed by atoms with Crippen LogP contribution in [-0.4, -0.2) is 27.8 Å². The van der Waals surface area contributed by atoms with Crippen LogP contribution in [0.4, 0.5) is 0 Å². The first-order valence-electron chi connectivity index (χ1n) is 7.48. The molecule has 134 valence electrons. The molecule has 0 aliphatic rings. The summed E-state index contributed by atoms with van der Waals surface area (Å²) in [6.07, 6.45) is 2.98. The lowest BCUT2D eigenvalue weighted by molar-refractivity contribution is 0.0731. The van der Waals surface area contributed by atoms with Crippen LogP contribution in [0.3, 0.4) is 0 Å². The second-order valence-electron chi connectivity index (χ2n) is 4.90. The van der Waals surface area contributed by atoms with Crippen LogP contribution in [0, 0.1) is 0 Å². The lowest BCUT2D eigenvalue weighted by Crippen LogP contribution is -2.25. The number of hydrogen-bond acceptors (Lipinski definition) is 5. The minimum atomic E-state index is -4.87. The van der Waals surface area contributed by atoms with Crippen LogP contribution in [0.5, 0.6) is 0 Å². The molecule has 0 amide bonds. The van der Waals surface area contributed by atoms with E-state index in [0.29, 0.717) is 19.3 Å². The molecule has 0 fully saturated rings. The van der Waals surface area contributed by atoms with Crippen molar-refractivity contribution in [3.05, 3.63) is 0 Å². The molecule has 0 aliphatic carbocycles. The van der Waals surface area contributed by atoms with Gasteiger partial charge in [-0.25, -0.2) is 4.57 Å². The number of unbranched alkanes of at least 4 members (excludes halogenated alkanes) is 2. The Hall–Kier alpha value is 0.550. The van der Waals surface area contributed by atoms with Crippen LogP contribution in [0.15, 0.2) is 0 Å². The van der Waals surface area contributed by atoms with Gasteiger partial charge in [0.25, 0.3) is 4.80 Å². The van der Waals surface area contributed by atoms with Crippen molar-refractivity contribution < 1.29 is 32.5 Å². The molecular weight excluding hydrogens is 354 g/mol. The highest BCUT2D eigenvalue weighted by atomic mass is 35.5. The smallest absolute Gasteiger partial charge is 0.322 e. The van der Waals surface area contributed by atoms with Gasteiger partial charge in [-0.3, -0.25) is 18.1 Å². The number of halogens is 1. The maximum absolute atomic E-state index is 12.6. The Bertz CT molecular complexity index is 387. The van der Waals surface area contributed by atoms with E-state index in [2.05, 4.69) is 0 Å². The van der Waals surface area contributed by atoms with Crippen molar-refractivity contribution in [2.75, 3.05) is 13.2 Å². The lowest BCUT2D eigenvalue weighted by atomic mass is 10.4. The van der Waals surface area contributed by atoms with Crippen LogP contribution < -0.4 is 0 Å². The Balaban J connectivity index is 5.12. The third-order valence-corrected chi connectivity index (χ3v) is 6.64. The van der Waals surface area contributed by atoms with Crippen molar-refractivity contribution in [3.63, 3.8) is 0 Å². The molecule has 0 aliphatic heterocycles. The fraction of sp³-hybridized carbons (Fsp3) is 1.00. The van der Waals surface area contributed by atoms with E-state index in [9.17, 15) is 18.9 Å². The van der Waals surface area contributed by atoms with Gasteiger partial charge in [-0.2, -0.15) is 0 Å². The van der Waals surface area contributed by atoms with Gasteiger partial charge < -0.3 is 9.79 Å². The zero-order valence-corrected chi connectivity index (χ0v) is 15.9. The highest BCUT2D eigenvalue weighted by Gasteiger charge is 2.52. The van der Waals surface area contributed by atoms with Gasteiger partial charge >= 0.3 is 15.4 Å². The molecule has 1 unspecified atom stereocenters. The van der Waals surface area contributed by atoms with Crippen LogP contribution in [-0.2, 0) is 22.7 Å². The van der Waals surface area contributed by atoms with Crippen molar-refractivity contribution in [1.82, 2.24) is 0 Å². The minimum absolute atomic E-state index is 0.0974. The summed E-state index contributed by atoms with van der Waals surface area (Å²) in [5, 5.41) is 0. The predicted octanol–water partition coefficient (Wildman–Crippen LogP) is 4.61. The first kappa shape index (κ1) is 22.6. The molecule has 0 spiro atoms. The number of rotatable bonds is 13. The molecular formula is C12H27ClO7P2. The molecule has 0 saturated carbocycles. The second kappa shape index (κ2) is 10.4. The maximum atomic E-state index is 12.6. The molecule has 22 heavy (non-hydrogen) atoms. The third-order valence-electron chi connectivity index (χ3n) is 2.74. The summed E-state index contributed by atoms with van der Waals surface area (Å²) in [5.74, 6) is 0. The largest absolute Gasteiger partial charge is 0.477 e. The molecule has 10 heteroatoms. The minimum Gasteiger partial charge on any atom is -0.322 e. The zero-order chi connectivity index (χ0) is 17.3. The molecule has 7 nitrogen and oxygen atoms in total. The molecule has 0 aromatic heterocycles. The SMILES string of the molecule is CCCCOP(=O)(OCCCC)OC(Cl)(CCC)P(=O)(O)O. The van der Waals surface area contributed by atoms with Crippen molar-refractivity contribution in [1.29, 1.82) is 0 Å². The van der Waals surface area contributed by atoms with Gasteiger partial charge in [-0.1, -0.05) is 51.6 Å². The van der Waals surface area contributed by atoms with E-state index in [0.717, 1.165) is 12.8 Å². The summed E-state index contributed by atoms with van der Waals surface area (Å²) >= 11 is 5.91. The highest BCUT2D eigenvalue weighted by molar-refractivity contribution is 7.57. The summed E-state index contributed by atoms with van der Waals surface area (Å²) in [6, 6.07) is 0. The van der Waals surface area contributed by atoms with Crippen molar-refractivity contribution in [2.45, 2.75) is 64.1 Å². The van der Waals surface area contributed by atoms with Crippen LogP contribution in [0.25, 0.3) is 0 Å². The molecule has 2 N–H and O–H groups in total. The summed E-state index contributed by atoms with van der Waals surface area (Å²) in [4.78, 5) is 16.4. The molecule has 0 heterocycles. The van der Waals surface area contributed by atoms with E-state index >= 15 is 0 Å². The quantitative estimate of drug-likeness (QED) is 0.273. The Labute approximate surface area is 137 Å². The van der Waals surface area contributed by atoms with Crippen molar-refractivity contribution in [3.8, 4) is 0 Å². The Kier molecular flexibility index (Phi) is 10.7. The summed E-state index contributed by atoms with van der Waals surface area (Å²) < 4.78 is 39.5. The average Bonchev–Trinajstić information content (AvgIpc) is 2.38. The van der Waals surface area contributed by atoms with Crippen LogP contribution in [0.1, 0.15) is 59.3 Å². The Morgan fingerprint density at radius 3 is 1.73 bits per heavy atom. The number of phosphoric ester groups is 1. The van der Waals surface area contributed by atoms with Crippen LogP contribution >= 0.6 is 27.0 Å². The van der Waals surface area contributed by atoms with Crippen LogP contribution in [0.2, 0.25) is 0 Å². The lowest BCUT2D eigenvalue weighted by Gasteiger charge is -2.30.